The van der Waals surface area contributed by atoms with Crippen molar-refractivity contribution < 1.29 is 37.3 Å². The molecule has 9 heteroatoms. The Morgan fingerprint density at radius 3 is 2.52 bits per heavy atom. The van der Waals surface area contributed by atoms with E-state index in [1.165, 1.54) is 7.11 Å². The van der Waals surface area contributed by atoms with Crippen molar-refractivity contribution in [2.24, 2.45) is 5.92 Å². The topological polar surface area (TPSA) is 85.6 Å². The maximum Gasteiger partial charge on any atom is 0.337 e. The van der Waals surface area contributed by atoms with Crippen LogP contribution in [0.3, 0.4) is 0 Å². The van der Waals surface area contributed by atoms with Crippen LogP contribution in [0, 0.1) is 5.92 Å². The van der Waals surface area contributed by atoms with Gasteiger partial charge in [0.25, 0.3) is 0 Å². The molecule has 0 amide bonds. The Balaban J connectivity index is 1.97. The Hall–Kier alpha value is -1.23. The van der Waals surface area contributed by atoms with Crippen LogP contribution in [-0.2, 0) is 32.9 Å². The molecule has 0 N–H and O–H groups in total. The van der Waals surface area contributed by atoms with Crippen molar-refractivity contribution in [1.82, 2.24) is 0 Å². The summed E-state index contributed by atoms with van der Waals surface area (Å²) in [6, 6.07) is 3.70. The van der Waals surface area contributed by atoms with Gasteiger partial charge in [0.2, 0.25) is 0 Å². The second-order valence-corrected chi connectivity index (χ2v) is 13.7. The third-order valence-corrected chi connectivity index (χ3v) is 10.6. The van der Waals surface area contributed by atoms with Gasteiger partial charge in [0, 0.05) is 7.11 Å². The lowest BCUT2D eigenvalue weighted by Crippen LogP contribution is -2.52. The first kappa shape index (κ1) is 22.5. The van der Waals surface area contributed by atoms with Crippen LogP contribution >= 0.6 is 0 Å². The standard InChI is InChI=1S/C20H32O8Si/c1-20(2,3)29(6,7)28-14(12-9-8-10-24-12)13-15-17(18(21)23-5)27-19(26-15)16(13)25-11-22-4/h8-10,13-17,19H,11H2,1-7H3/t13-,14+,15+,16+,17-,19+/m0/s1. The van der Waals surface area contributed by atoms with Crippen molar-refractivity contribution in [1.29, 1.82) is 0 Å². The minimum atomic E-state index is -2.20. The largest absolute Gasteiger partial charge is 0.467 e. The molecule has 0 spiro atoms. The maximum atomic E-state index is 12.3. The summed E-state index contributed by atoms with van der Waals surface area (Å²) >= 11 is 0. The van der Waals surface area contributed by atoms with E-state index in [9.17, 15) is 4.79 Å². The lowest BCUT2D eigenvalue weighted by molar-refractivity contribution is -0.196. The molecule has 0 unspecified atom stereocenters. The summed E-state index contributed by atoms with van der Waals surface area (Å²) in [7, 11) is 0.691. The van der Waals surface area contributed by atoms with E-state index in [0.717, 1.165) is 0 Å². The average molecular weight is 429 g/mol. The number of carbonyl (C=O) groups is 1. The molecule has 164 valence electrons. The number of methoxy groups -OCH3 is 2. The molecule has 2 saturated heterocycles. The van der Waals surface area contributed by atoms with Gasteiger partial charge in [-0.25, -0.2) is 4.79 Å². The van der Waals surface area contributed by atoms with Gasteiger partial charge in [-0.2, -0.15) is 0 Å². The second-order valence-electron chi connectivity index (χ2n) is 8.98. The molecule has 8 nitrogen and oxygen atoms in total. The van der Waals surface area contributed by atoms with E-state index >= 15 is 0 Å². The molecule has 1 aromatic rings. The van der Waals surface area contributed by atoms with Crippen LogP contribution in [0.25, 0.3) is 0 Å². The van der Waals surface area contributed by atoms with Crippen molar-refractivity contribution >= 4 is 14.3 Å². The van der Waals surface area contributed by atoms with Crippen molar-refractivity contribution in [2.75, 3.05) is 21.0 Å². The molecule has 2 aliphatic heterocycles. The number of hydrogen-bond acceptors (Lipinski definition) is 8. The lowest BCUT2D eigenvalue weighted by atomic mass is 9.86. The zero-order valence-electron chi connectivity index (χ0n) is 18.2. The number of hydrogen-bond donors (Lipinski definition) is 0. The summed E-state index contributed by atoms with van der Waals surface area (Å²) in [6.45, 7) is 11.0. The number of fused-ring (bicyclic) bond motifs is 2. The van der Waals surface area contributed by atoms with E-state index in [4.69, 9.17) is 32.5 Å². The first-order valence-corrected chi connectivity index (χ1v) is 12.7. The normalized spacial score (nSPS) is 30.5. The predicted molar refractivity (Wildman–Crippen MR) is 106 cm³/mol. The minimum absolute atomic E-state index is 0.0164. The van der Waals surface area contributed by atoms with E-state index in [2.05, 4.69) is 33.9 Å². The average Bonchev–Trinajstić information content (AvgIpc) is 3.38. The van der Waals surface area contributed by atoms with Gasteiger partial charge < -0.3 is 32.5 Å². The van der Waals surface area contributed by atoms with Crippen LogP contribution in [-0.4, -0.2) is 59.9 Å². The zero-order valence-corrected chi connectivity index (χ0v) is 19.2. The molecule has 3 rings (SSSR count). The quantitative estimate of drug-likeness (QED) is 0.354. The van der Waals surface area contributed by atoms with E-state index in [0.29, 0.717) is 5.76 Å². The molecule has 6 atom stereocenters. The third-order valence-electron chi connectivity index (χ3n) is 6.11. The summed E-state index contributed by atoms with van der Waals surface area (Å²) < 4.78 is 40.2. The third kappa shape index (κ3) is 4.30. The Morgan fingerprint density at radius 2 is 1.97 bits per heavy atom. The molecule has 2 fully saturated rings. The highest BCUT2D eigenvalue weighted by Crippen LogP contribution is 2.50. The summed E-state index contributed by atoms with van der Waals surface area (Å²) in [4.78, 5) is 12.3. The van der Waals surface area contributed by atoms with Gasteiger partial charge in [-0.3, -0.25) is 0 Å². The highest BCUT2D eigenvalue weighted by Gasteiger charge is 2.62. The van der Waals surface area contributed by atoms with Crippen LogP contribution in [0.5, 0.6) is 0 Å². The molecule has 1 aromatic heterocycles. The Morgan fingerprint density at radius 1 is 1.24 bits per heavy atom. The first-order chi connectivity index (χ1) is 13.6. The van der Waals surface area contributed by atoms with Gasteiger partial charge in [-0.15, -0.1) is 0 Å². The molecule has 29 heavy (non-hydrogen) atoms. The van der Waals surface area contributed by atoms with Crippen molar-refractivity contribution in [2.45, 2.75) is 69.6 Å². The second kappa shape index (κ2) is 8.48. The van der Waals surface area contributed by atoms with E-state index in [1.807, 2.05) is 12.1 Å². The Labute approximate surface area is 172 Å². The number of carbonyl (C=O) groups excluding carboxylic acids is 1. The van der Waals surface area contributed by atoms with Gasteiger partial charge in [0.1, 0.15) is 30.9 Å². The van der Waals surface area contributed by atoms with Gasteiger partial charge in [-0.1, -0.05) is 20.8 Å². The Bertz CT molecular complexity index is 683. The predicted octanol–water partition coefficient (Wildman–Crippen LogP) is 3.24. The molecule has 2 aliphatic rings. The summed E-state index contributed by atoms with van der Waals surface area (Å²) in [6.07, 6.45) is -1.43. The van der Waals surface area contributed by atoms with E-state index < -0.39 is 45.0 Å². The molecular formula is C20H32O8Si. The molecule has 3 heterocycles. The van der Waals surface area contributed by atoms with E-state index in [1.54, 1.807) is 13.4 Å². The van der Waals surface area contributed by atoms with Crippen LogP contribution in [0.4, 0.5) is 0 Å². The highest BCUT2D eigenvalue weighted by atomic mass is 28.4. The maximum absolute atomic E-state index is 12.3. The lowest BCUT2D eigenvalue weighted by Gasteiger charge is -2.43. The molecule has 0 aromatic carbocycles. The van der Waals surface area contributed by atoms with Crippen LogP contribution < -0.4 is 0 Å². The fraction of sp³-hybridized carbons (Fsp3) is 0.750. The van der Waals surface area contributed by atoms with Gasteiger partial charge in [0.05, 0.1) is 19.3 Å². The molecule has 0 aliphatic carbocycles. The number of rotatable bonds is 8. The number of ether oxygens (including phenoxy) is 5. The summed E-state index contributed by atoms with van der Waals surface area (Å²) in [5, 5.41) is -0.0164. The molecule has 0 saturated carbocycles. The smallest absolute Gasteiger partial charge is 0.337 e. The highest BCUT2D eigenvalue weighted by molar-refractivity contribution is 6.74. The fourth-order valence-electron chi connectivity index (χ4n) is 3.56. The van der Waals surface area contributed by atoms with E-state index in [-0.39, 0.29) is 17.7 Å². The summed E-state index contributed by atoms with van der Waals surface area (Å²) in [5.41, 5.74) is 0. The van der Waals surface area contributed by atoms with Crippen LogP contribution in [0.15, 0.2) is 22.8 Å². The Kier molecular flexibility index (Phi) is 6.57. The number of furan rings is 1. The minimum Gasteiger partial charge on any atom is -0.467 e. The fourth-order valence-corrected chi connectivity index (χ4v) is 4.82. The molecule has 2 bridgehead atoms. The van der Waals surface area contributed by atoms with Crippen LogP contribution in [0.2, 0.25) is 18.1 Å². The first-order valence-electron chi connectivity index (χ1n) is 9.81. The molecular weight excluding hydrogens is 396 g/mol. The SMILES string of the molecule is COCO[C@H]1[C@@H]2O[C@H]([C@@H]1[C@H](O[Si](C)(C)C(C)(C)C)c1ccco1)[C@@H](C(=O)OC)O2. The van der Waals surface area contributed by atoms with Crippen molar-refractivity contribution in [3.05, 3.63) is 24.2 Å². The van der Waals surface area contributed by atoms with Crippen molar-refractivity contribution in [3.8, 4) is 0 Å². The summed E-state index contributed by atoms with van der Waals surface area (Å²) in [5.74, 6) is -0.128. The van der Waals surface area contributed by atoms with Gasteiger partial charge >= 0.3 is 5.97 Å². The van der Waals surface area contributed by atoms with Gasteiger partial charge in [-0.05, 0) is 30.3 Å². The monoisotopic (exact) mass is 428 g/mol. The van der Waals surface area contributed by atoms with Crippen molar-refractivity contribution in [3.63, 3.8) is 0 Å². The number of esters is 1. The van der Waals surface area contributed by atoms with Crippen LogP contribution in [0.1, 0.15) is 32.6 Å². The zero-order chi connectivity index (χ0) is 21.4. The molecule has 0 radical (unpaired) electrons. The van der Waals surface area contributed by atoms with Gasteiger partial charge in [0.15, 0.2) is 20.7 Å².